The number of nitro groups is 1. The number of hydrogen-bond donors (Lipinski definition) is 0. The van der Waals surface area contributed by atoms with Gasteiger partial charge in [-0.3, -0.25) is 19.9 Å². The van der Waals surface area contributed by atoms with E-state index in [2.05, 4.69) is 4.98 Å². The quantitative estimate of drug-likeness (QED) is 0.629. The molecular weight excluding hydrogens is 306 g/mol. The molecule has 112 valence electrons. The number of nitro benzene ring substituents is 1. The number of aryl methyl sites for hydroxylation is 1. The zero-order valence-electron chi connectivity index (χ0n) is 11.5. The fourth-order valence-electron chi connectivity index (χ4n) is 2.54. The van der Waals surface area contributed by atoms with Gasteiger partial charge in [0, 0.05) is 24.9 Å². The van der Waals surface area contributed by atoms with Gasteiger partial charge in [0.25, 0.3) is 11.6 Å². The van der Waals surface area contributed by atoms with Crippen LogP contribution in [0.15, 0.2) is 36.5 Å². The van der Waals surface area contributed by atoms with Gasteiger partial charge in [-0.1, -0.05) is 11.6 Å². The predicted octanol–water partition coefficient (Wildman–Crippen LogP) is 3.24. The molecule has 7 heteroatoms. The number of carbonyl (C=O) groups excluding carboxylic acids is 1. The molecule has 2 aromatic rings. The second-order valence-electron chi connectivity index (χ2n) is 4.95. The minimum absolute atomic E-state index is 0.0789. The summed E-state index contributed by atoms with van der Waals surface area (Å²) in [4.78, 5) is 28.8. The highest BCUT2D eigenvalue weighted by molar-refractivity contribution is 6.34. The number of halogens is 1. The number of rotatable bonds is 2. The molecule has 0 saturated heterocycles. The van der Waals surface area contributed by atoms with E-state index in [1.807, 2.05) is 6.07 Å². The van der Waals surface area contributed by atoms with Crippen molar-refractivity contribution < 1.29 is 9.72 Å². The third kappa shape index (κ3) is 2.53. The Kier molecular flexibility index (Phi) is 3.77. The summed E-state index contributed by atoms with van der Waals surface area (Å²) in [7, 11) is 0. The van der Waals surface area contributed by atoms with Crippen molar-refractivity contribution in [3.05, 3.63) is 62.9 Å². The molecule has 0 saturated carbocycles. The number of non-ortho nitro benzene ring substituents is 1. The van der Waals surface area contributed by atoms with Crippen LogP contribution in [0.1, 0.15) is 22.5 Å². The SMILES string of the molecule is O=C(c1ccc([N+](=O)[O-])cc1Cl)N1CCCc2ncccc21. The topological polar surface area (TPSA) is 76.3 Å². The molecular formula is C15H12ClN3O3. The zero-order valence-corrected chi connectivity index (χ0v) is 12.3. The summed E-state index contributed by atoms with van der Waals surface area (Å²) >= 11 is 6.05. The molecule has 0 spiro atoms. The Morgan fingerprint density at radius 3 is 2.91 bits per heavy atom. The van der Waals surface area contributed by atoms with Crippen molar-refractivity contribution >= 4 is 28.9 Å². The first-order valence-electron chi connectivity index (χ1n) is 6.77. The lowest BCUT2D eigenvalue weighted by Crippen LogP contribution is -2.36. The van der Waals surface area contributed by atoms with Crippen molar-refractivity contribution in [1.29, 1.82) is 0 Å². The molecule has 1 aromatic carbocycles. The second kappa shape index (κ2) is 5.73. The number of anilines is 1. The number of fused-ring (bicyclic) bond motifs is 1. The lowest BCUT2D eigenvalue weighted by atomic mass is 10.1. The highest BCUT2D eigenvalue weighted by Gasteiger charge is 2.26. The lowest BCUT2D eigenvalue weighted by Gasteiger charge is -2.28. The molecule has 0 bridgehead atoms. The Bertz CT molecular complexity index is 763. The van der Waals surface area contributed by atoms with E-state index in [0.717, 1.165) is 24.2 Å². The fraction of sp³-hybridized carbons (Fsp3) is 0.200. The van der Waals surface area contributed by atoms with E-state index in [4.69, 9.17) is 11.6 Å². The largest absolute Gasteiger partial charge is 0.306 e. The molecule has 1 amide bonds. The van der Waals surface area contributed by atoms with E-state index in [-0.39, 0.29) is 22.2 Å². The Hall–Kier alpha value is -2.47. The fourth-order valence-corrected chi connectivity index (χ4v) is 2.80. The summed E-state index contributed by atoms with van der Waals surface area (Å²) in [5.74, 6) is -0.270. The molecule has 0 atom stereocenters. The smallest absolute Gasteiger partial charge is 0.270 e. The van der Waals surface area contributed by atoms with Gasteiger partial charge in [-0.05, 0) is 31.0 Å². The van der Waals surface area contributed by atoms with Crippen molar-refractivity contribution in [2.75, 3.05) is 11.4 Å². The van der Waals surface area contributed by atoms with Crippen LogP contribution in [-0.4, -0.2) is 22.4 Å². The molecule has 0 fully saturated rings. The number of aromatic nitrogens is 1. The van der Waals surface area contributed by atoms with Crippen LogP contribution in [0.25, 0.3) is 0 Å². The van der Waals surface area contributed by atoms with Gasteiger partial charge in [-0.25, -0.2) is 0 Å². The standard InChI is InChI=1S/C15H12ClN3O3/c16-12-9-10(19(21)22)5-6-11(12)15(20)18-8-2-3-13-14(18)4-1-7-17-13/h1,4-7,9H,2-3,8H2. The zero-order chi connectivity index (χ0) is 15.7. The third-order valence-corrected chi connectivity index (χ3v) is 3.90. The number of hydrogen-bond acceptors (Lipinski definition) is 4. The Labute approximate surface area is 131 Å². The Balaban J connectivity index is 1.97. The van der Waals surface area contributed by atoms with Crippen LogP contribution in [0.2, 0.25) is 5.02 Å². The lowest BCUT2D eigenvalue weighted by molar-refractivity contribution is -0.384. The maximum atomic E-state index is 12.7. The number of benzene rings is 1. The first kappa shape index (κ1) is 14.5. The van der Waals surface area contributed by atoms with Gasteiger partial charge < -0.3 is 4.90 Å². The number of pyridine rings is 1. The Morgan fingerprint density at radius 1 is 1.36 bits per heavy atom. The van der Waals surface area contributed by atoms with Gasteiger partial charge in [-0.15, -0.1) is 0 Å². The van der Waals surface area contributed by atoms with Gasteiger partial charge in [-0.2, -0.15) is 0 Å². The van der Waals surface area contributed by atoms with Crippen molar-refractivity contribution in [1.82, 2.24) is 4.98 Å². The molecule has 1 aliphatic rings. The van der Waals surface area contributed by atoms with E-state index >= 15 is 0 Å². The maximum Gasteiger partial charge on any atom is 0.270 e. The van der Waals surface area contributed by atoms with Gasteiger partial charge in [0.15, 0.2) is 0 Å². The predicted molar refractivity (Wildman–Crippen MR) is 82.3 cm³/mol. The second-order valence-corrected chi connectivity index (χ2v) is 5.36. The first-order chi connectivity index (χ1) is 10.6. The van der Waals surface area contributed by atoms with Gasteiger partial charge >= 0.3 is 0 Å². The number of amides is 1. The third-order valence-electron chi connectivity index (χ3n) is 3.59. The average Bonchev–Trinajstić information content (AvgIpc) is 2.53. The molecule has 6 nitrogen and oxygen atoms in total. The maximum absolute atomic E-state index is 12.7. The van der Waals surface area contributed by atoms with E-state index in [1.165, 1.54) is 18.2 Å². The van der Waals surface area contributed by atoms with Crippen LogP contribution < -0.4 is 4.90 Å². The Morgan fingerprint density at radius 2 is 2.18 bits per heavy atom. The van der Waals surface area contributed by atoms with Gasteiger partial charge in [0.1, 0.15) is 0 Å². The van der Waals surface area contributed by atoms with E-state index in [9.17, 15) is 14.9 Å². The highest BCUT2D eigenvalue weighted by Crippen LogP contribution is 2.29. The molecule has 22 heavy (non-hydrogen) atoms. The minimum Gasteiger partial charge on any atom is -0.306 e. The summed E-state index contributed by atoms with van der Waals surface area (Å²) in [5, 5.41) is 10.8. The highest BCUT2D eigenvalue weighted by atomic mass is 35.5. The minimum atomic E-state index is -0.541. The average molecular weight is 318 g/mol. The van der Waals surface area contributed by atoms with E-state index in [1.54, 1.807) is 17.2 Å². The monoisotopic (exact) mass is 317 g/mol. The van der Waals surface area contributed by atoms with Crippen LogP contribution >= 0.6 is 11.6 Å². The molecule has 0 unspecified atom stereocenters. The van der Waals surface area contributed by atoms with Gasteiger partial charge in [0.2, 0.25) is 0 Å². The molecule has 0 radical (unpaired) electrons. The molecule has 2 heterocycles. The van der Waals surface area contributed by atoms with Crippen molar-refractivity contribution in [2.24, 2.45) is 0 Å². The normalized spacial score (nSPS) is 13.6. The number of nitrogens with zero attached hydrogens (tertiary/aromatic N) is 3. The van der Waals surface area contributed by atoms with Crippen molar-refractivity contribution in [3.8, 4) is 0 Å². The number of carbonyl (C=O) groups is 1. The van der Waals surface area contributed by atoms with E-state index < -0.39 is 4.92 Å². The van der Waals surface area contributed by atoms with Crippen LogP contribution in [0.5, 0.6) is 0 Å². The van der Waals surface area contributed by atoms with Crippen LogP contribution in [0.4, 0.5) is 11.4 Å². The summed E-state index contributed by atoms with van der Waals surface area (Å²) in [6.45, 7) is 0.574. The molecule has 3 rings (SSSR count). The van der Waals surface area contributed by atoms with Crippen molar-refractivity contribution in [3.63, 3.8) is 0 Å². The summed E-state index contributed by atoms with van der Waals surface area (Å²) in [6, 6.07) is 7.50. The van der Waals surface area contributed by atoms with Crippen molar-refractivity contribution in [2.45, 2.75) is 12.8 Å². The van der Waals surface area contributed by atoms with Crippen LogP contribution in [0.3, 0.4) is 0 Å². The molecule has 1 aromatic heterocycles. The van der Waals surface area contributed by atoms with Crippen LogP contribution in [0, 0.1) is 10.1 Å². The summed E-state index contributed by atoms with van der Waals surface area (Å²) in [5.41, 5.74) is 1.76. The van der Waals surface area contributed by atoms with Crippen LogP contribution in [-0.2, 0) is 6.42 Å². The molecule has 0 aliphatic carbocycles. The summed E-state index contributed by atoms with van der Waals surface area (Å²) in [6.07, 6.45) is 3.35. The molecule has 1 aliphatic heterocycles. The van der Waals surface area contributed by atoms with Gasteiger partial charge in [0.05, 0.1) is 26.9 Å². The first-order valence-corrected chi connectivity index (χ1v) is 7.15. The molecule has 0 N–H and O–H groups in total. The summed E-state index contributed by atoms with van der Waals surface area (Å²) < 4.78 is 0. The van der Waals surface area contributed by atoms with E-state index in [0.29, 0.717) is 6.54 Å².